The predicted octanol–water partition coefficient (Wildman–Crippen LogP) is 3.85. The number of para-hydroxylation sites is 1. The van der Waals surface area contributed by atoms with E-state index in [4.69, 9.17) is 0 Å². The van der Waals surface area contributed by atoms with Crippen molar-refractivity contribution in [3.05, 3.63) is 71.3 Å². The molecule has 2 aliphatic rings. The average molecular weight is 383 g/mol. The Kier molecular flexibility index (Phi) is 4.54. The molecule has 1 saturated heterocycles. The molecule has 2 heterocycles. The maximum atomic E-state index is 12.8. The zero-order chi connectivity index (χ0) is 18.3. The molecule has 2 aromatic carbocycles. The van der Waals surface area contributed by atoms with Crippen molar-refractivity contribution in [1.29, 1.82) is 0 Å². The molecule has 2 atom stereocenters. The molecule has 2 aliphatic heterocycles. The minimum atomic E-state index is -0.239. The van der Waals surface area contributed by atoms with Crippen molar-refractivity contribution in [2.45, 2.75) is 15.5 Å². The van der Waals surface area contributed by atoms with E-state index in [-0.39, 0.29) is 22.3 Å². The van der Waals surface area contributed by atoms with Crippen LogP contribution < -0.4 is 4.90 Å². The van der Waals surface area contributed by atoms with Crippen LogP contribution in [-0.2, 0) is 4.79 Å². The van der Waals surface area contributed by atoms with Gasteiger partial charge in [-0.15, -0.1) is 0 Å². The van der Waals surface area contributed by atoms with Gasteiger partial charge in [-0.3, -0.25) is 9.59 Å². The van der Waals surface area contributed by atoms with Crippen LogP contribution in [0.25, 0.3) is 0 Å². The van der Waals surface area contributed by atoms with Crippen LogP contribution in [0.2, 0.25) is 0 Å². The summed E-state index contributed by atoms with van der Waals surface area (Å²) < 4.78 is 0. The molecule has 2 unspecified atom stereocenters. The van der Waals surface area contributed by atoms with E-state index in [1.807, 2.05) is 37.4 Å². The average Bonchev–Trinajstić information content (AvgIpc) is 3.14. The lowest BCUT2D eigenvalue weighted by Gasteiger charge is -2.24. The third-order valence-electron chi connectivity index (χ3n) is 4.60. The first-order chi connectivity index (χ1) is 12.6. The zero-order valence-electron chi connectivity index (χ0n) is 14.5. The summed E-state index contributed by atoms with van der Waals surface area (Å²) in [5.41, 5.74) is 1.78. The third-order valence-corrected chi connectivity index (χ3v) is 7.55. The first-order valence-corrected chi connectivity index (χ1v) is 10.1. The lowest BCUT2D eigenvalue weighted by atomic mass is 10.1. The van der Waals surface area contributed by atoms with Gasteiger partial charge >= 0.3 is 0 Å². The van der Waals surface area contributed by atoms with Gasteiger partial charge in [0.15, 0.2) is 5.78 Å². The Hall–Kier alpha value is -2.18. The number of anilines is 1. The molecule has 0 radical (unpaired) electrons. The Balaban J connectivity index is 1.57. The Morgan fingerprint density at radius 3 is 2.42 bits per heavy atom. The summed E-state index contributed by atoms with van der Waals surface area (Å²) in [6.45, 7) is 0. The normalized spacial score (nSPS) is 23.6. The number of hydrogen-bond acceptors (Lipinski definition) is 5. The molecule has 132 valence electrons. The SMILES string of the molecule is CN1C(=O)C(C2Sc3ccccc3N2C)S/C1=C/C(=O)c1ccccc1. The lowest BCUT2D eigenvalue weighted by molar-refractivity contribution is -0.126. The molecule has 4 nitrogen and oxygen atoms in total. The molecule has 6 heteroatoms. The van der Waals surface area contributed by atoms with Crippen molar-refractivity contribution in [1.82, 2.24) is 4.90 Å². The van der Waals surface area contributed by atoms with Gasteiger partial charge in [-0.2, -0.15) is 0 Å². The van der Waals surface area contributed by atoms with E-state index >= 15 is 0 Å². The number of carbonyl (C=O) groups excluding carboxylic acids is 2. The van der Waals surface area contributed by atoms with Gasteiger partial charge < -0.3 is 9.80 Å². The summed E-state index contributed by atoms with van der Waals surface area (Å²) in [5.74, 6) is -0.0385. The fraction of sp³-hybridized carbons (Fsp3) is 0.200. The highest BCUT2D eigenvalue weighted by Crippen LogP contribution is 2.49. The van der Waals surface area contributed by atoms with Crippen LogP contribution in [0.15, 0.2) is 70.6 Å². The number of thioether (sulfide) groups is 2. The van der Waals surface area contributed by atoms with Crippen molar-refractivity contribution < 1.29 is 9.59 Å². The van der Waals surface area contributed by atoms with Crippen LogP contribution >= 0.6 is 23.5 Å². The van der Waals surface area contributed by atoms with Crippen LogP contribution in [0.4, 0.5) is 5.69 Å². The Bertz CT molecular complexity index is 898. The van der Waals surface area contributed by atoms with Gasteiger partial charge in [0.05, 0.1) is 10.7 Å². The monoisotopic (exact) mass is 382 g/mol. The Morgan fingerprint density at radius 2 is 1.69 bits per heavy atom. The number of amides is 1. The van der Waals surface area contributed by atoms with Crippen LogP contribution in [-0.4, -0.2) is 41.3 Å². The van der Waals surface area contributed by atoms with E-state index in [2.05, 4.69) is 17.0 Å². The summed E-state index contributed by atoms with van der Waals surface area (Å²) in [7, 11) is 3.76. The van der Waals surface area contributed by atoms with E-state index < -0.39 is 0 Å². The van der Waals surface area contributed by atoms with Gasteiger partial charge in [0, 0.05) is 30.6 Å². The molecule has 1 amide bonds. The third kappa shape index (κ3) is 2.93. The minimum absolute atomic E-state index is 0.0186. The van der Waals surface area contributed by atoms with Crippen LogP contribution in [0.3, 0.4) is 0 Å². The van der Waals surface area contributed by atoms with Crippen LogP contribution in [0, 0.1) is 0 Å². The summed E-state index contributed by atoms with van der Waals surface area (Å²) in [4.78, 5) is 30.3. The molecular formula is C20H18N2O2S2. The van der Waals surface area contributed by atoms with Crippen molar-refractivity contribution in [3.8, 4) is 0 Å². The van der Waals surface area contributed by atoms with Crippen molar-refractivity contribution in [2.24, 2.45) is 0 Å². The summed E-state index contributed by atoms with van der Waals surface area (Å²) in [6.07, 6.45) is 1.57. The van der Waals surface area contributed by atoms with Crippen molar-refractivity contribution in [2.75, 3.05) is 19.0 Å². The van der Waals surface area contributed by atoms with Crippen molar-refractivity contribution >= 4 is 40.9 Å². The number of carbonyl (C=O) groups is 2. The van der Waals surface area contributed by atoms with Crippen molar-refractivity contribution in [3.63, 3.8) is 0 Å². The van der Waals surface area contributed by atoms with Gasteiger partial charge in [0.1, 0.15) is 10.6 Å². The largest absolute Gasteiger partial charge is 0.360 e. The second kappa shape index (κ2) is 6.85. The smallest absolute Gasteiger partial charge is 0.243 e. The molecule has 0 spiro atoms. The maximum Gasteiger partial charge on any atom is 0.243 e. The number of ketones is 1. The van der Waals surface area contributed by atoms with Crippen LogP contribution in [0.5, 0.6) is 0 Å². The molecule has 0 N–H and O–H groups in total. The number of allylic oxidation sites excluding steroid dienone is 1. The first-order valence-electron chi connectivity index (χ1n) is 8.30. The molecule has 0 saturated carbocycles. The highest BCUT2D eigenvalue weighted by Gasteiger charge is 2.45. The highest BCUT2D eigenvalue weighted by molar-refractivity contribution is 8.07. The number of fused-ring (bicyclic) bond motifs is 1. The summed E-state index contributed by atoms with van der Waals surface area (Å²) in [5, 5.41) is 0.487. The second-order valence-electron chi connectivity index (χ2n) is 6.24. The molecular weight excluding hydrogens is 364 g/mol. The second-order valence-corrected chi connectivity index (χ2v) is 8.56. The number of rotatable bonds is 3. The number of hydrogen-bond donors (Lipinski definition) is 0. The number of nitrogens with zero attached hydrogens (tertiary/aromatic N) is 2. The zero-order valence-corrected chi connectivity index (χ0v) is 16.1. The van der Waals surface area contributed by atoms with Crippen LogP contribution in [0.1, 0.15) is 10.4 Å². The topological polar surface area (TPSA) is 40.6 Å². The first kappa shape index (κ1) is 17.2. The quantitative estimate of drug-likeness (QED) is 0.596. The molecule has 0 aromatic heterocycles. The molecule has 2 aromatic rings. The fourth-order valence-corrected chi connectivity index (χ4v) is 5.96. The lowest BCUT2D eigenvalue weighted by Crippen LogP contribution is -2.39. The Labute approximate surface area is 161 Å². The van der Waals surface area contributed by atoms with E-state index in [0.29, 0.717) is 10.6 Å². The molecule has 26 heavy (non-hydrogen) atoms. The van der Waals surface area contributed by atoms with Gasteiger partial charge in [0.25, 0.3) is 0 Å². The van der Waals surface area contributed by atoms with Gasteiger partial charge in [-0.05, 0) is 12.1 Å². The van der Waals surface area contributed by atoms with E-state index in [1.165, 1.54) is 16.7 Å². The van der Waals surface area contributed by atoms with Gasteiger partial charge in [-0.1, -0.05) is 66.0 Å². The van der Waals surface area contributed by atoms with E-state index in [9.17, 15) is 9.59 Å². The summed E-state index contributed by atoms with van der Waals surface area (Å²) >= 11 is 3.19. The van der Waals surface area contributed by atoms with E-state index in [0.717, 1.165) is 5.69 Å². The van der Waals surface area contributed by atoms with E-state index in [1.54, 1.807) is 41.9 Å². The standard InChI is InChI=1S/C20H18N2O2S2/c1-21-14-10-6-7-11-16(14)25-20(21)18-19(24)22(2)17(26-18)12-15(23)13-8-4-3-5-9-13/h3-12,18,20H,1-2H3/b17-12+. The molecule has 4 rings (SSSR count). The predicted molar refractivity (Wildman–Crippen MR) is 107 cm³/mol. The number of benzene rings is 2. The molecule has 0 aliphatic carbocycles. The fourth-order valence-electron chi connectivity index (χ4n) is 3.13. The van der Waals surface area contributed by atoms with Gasteiger partial charge in [0.2, 0.25) is 5.91 Å². The van der Waals surface area contributed by atoms with Gasteiger partial charge in [-0.25, -0.2) is 0 Å². The minimum Gasteiger partial charge on any atom is -0.360 e. The highest BCUT2D eigenvalue weighted by atomic mass is 32.2. The Morgan fingerprint density at radius 1 is 1.00 bits per heavy atom. The molecule has 1 fully saturated rings. The summed E-state index contributed by atoms with van der Waals surface area (Å²) in [6, 6.07) is 17.3. The molecule has 0 bridgehead atoms. The maximum absolute atomic E-state index is 12.8.